The number of hydrogen-bond donors (Lipinski definition) is 2. The third-order valence-electron chi connectivity index (χ3n) is 6.33. The van der Waals surface area contributed by atoms with E-state index in [2.05, 4.69) is 15.6 Å². The van der Waals surface area contributed by atoms with Gasteiger partial charge in [0.15, 0.2) is 5.82 Å². The van der Waals surface area contributed by atoms with Crippen LogP contribution in [0.3, 0.4) is 0 Å². The summed E-state index contributed by atoms with van der Waals surface area (Å²) in [5, 5.41) is 5.96. The summed E-state index contributed by atoms with van der Waals surface area (Å²) in [4.78, 5) is 16.4. The SMILES string of the molecule is COc1nc(OC2CCC(C(F)(F)F)CC2)c(F)cc1CNC(=O)[C@H]1NC[C@H]2C[C@H]21. The van der Waals surface area contributed by atoms with Crippen molar-refractivity contribution >= 4 is 5.91 Å². The number of fused-ring (bicyclic) bond motifs is 1. The summed E-state index contributed by atoms with van der Waals surface area (Å²) in [5.41, 5.74) is 0.363. The average Bonchev–Trinajstić information content (AvgIpc) is 3.36. The Labute approximate surface area is 171 Å². The van der Waals surface area contributed by atoms with E-state index in [1.165, 1.54) is 13.2 Å². The molecule has 1 aromatic heterocycles. The number of aromatic nitrogens is 1. The van der Waals surface area contributed by atoms with Gasteiger partial charge < -0.3 is 20.1 Å². The largest absolute Gasteiger partial charge is 0.481 e. The highest BCUT2D eigenvalue weighted by molar-refractivity contribution is 5.83. The Morgan fingerprint density at radius 1 is 1.27 bits per heavy atom. The van der Waals surface area contributed by atoms with Crippen molar-refractivity contribution in [2.45, 2.75) is 57.0 Å². The zero-order valence-corrected chi connectivity index (χ0v) is 16.6. The number of nitrogens with zero attached hydrogens (tertiary/aromatic N) is 1. The molecule has 1 saturated heterocycles. The van der Waals surface area contributed by atoms with Crippen LogP contribution >= 0.6 is 0 Å². The summed E-state index contributed by atoms with van der Waals surface area (Å²) in [7, 11) is 1.37. The molecule has 2 heterocycles. The fourth-order valence-corrected chi connectivity index (χ4v) is 4.47. The van der Waals surface area contributed by atoms with Gasteiger partial charge in [0.25, 0.3) is 5.88 Å². The molecule has 3 aliphatic rings. The lowest BCUT2D eigenvalue weighted by Crippen LogP contribution is -2.42. The number of rotatable bonds is 6. The van der Waals surface area contributed by atoms with Crippen molar-refractivity contribution in [3.05, 3.63) is 17.4 Å². The molecule has 0 spiro atoms. The third kappa shape index (κ3) is 4.48. The topological polar surface area (TPSA) is 72.5 Å². The van der Waals surface area contributed by atoms with Crippen LogP contribution in [0, 0.1) is 23.6 Å². The average molecular weight is 431 g/mol. The van der Waals surface area contributed by atoms with Crippen molar-refractivity contribution in [3.63, 3.8) is 0 Å². The summed E-state index contributed by atoms with van der Waals surface area (Å²) in [6.45, 7) is 0.900. The van der Waals surface area contributed by atoms with Gasteiger partial charge >= 0.3 is 6.18 Å². The Bertz CT molecular complexity index is 796. The predicted octanol–water partition coefficient (Wildman–Crippen LogP) is 2.95. The molecule has 2 saturated carbocycles. The van der Waals surface area contributed by atoms with E-state index in [9.17, 15) is 22.4 Å². The lowest BCUT2D eigenvalue weighted by Gasteiger charge is -2.30. The van der Waals surface area contributed by atoms with Crippen molar-refractivity contribution in [2.75, 3.05) is 13.7 Å². The first kappa shape index (κ1) is 21.1. The van der Waals surface area contributed by atoms with Gasteiger partial charge in [-0.3, -0.25) is 4.79 Å². The van der Waals surface area contributed by atoms with E-state index in [1.807, 2.05) is 0 Å². The van der Waals surface area contributed by atoms with E-state index in [4.69, 9.17) is 9.47 Å². The first-order chi connectivity index (χ1) is 14.3. The molecule has 3 fully saturated rings. The Hall–Kier alpha value is -2.10. The molecule has 166 valence electrons. The maximum absolute atomic E-state index is 14.5. The van der Waals surface area contributed by atoms with Crippen LogP contribution in [-0.4, -0.2) is 42.9 Å². The van der Waals surface area contributed by atoms with Crippen LogP contribution in [0.1, 0.15) is 37.7 Å². The van der Waals surface area contributed by atoms with Crippen molar-refractivity contribution in [3.8, 4) is 11.8 Å². The van der Waals surface area contributed by atoms with Crippen molar-refractivity contribution < 1.29 is 31.8 Å². The van der Waals surface area contributed by atoms with Crippen LogP contribution in [-0.2, 0) is 11.3 Å². The number of alkyl halides is 3. The Balaban J connectivity index is 1.35. The number of halogens is 4. The summed E-state index contributed by atoms with van der Waals surface area (Å²) < 4.78 is 63.7. The molecule has 3 atom stereocenters. The van der Waals surface area contributed by atoms with Crippen molar-refractivity contribution in [2.24, 2.45) is 17.8 Å². The van der Waals surface area contributed by atoms with E-state index < -0.39 is 24.0 Å². The maximum atomic E-state index is 14.5. The molecule has 1 amide bonds. The van der Waals surface area contributed by atoms with Crippen LogP contribution < -0.4 is 20.1 Å². The first-order valence-electron chi connectivity index (χ1n) is 10.2. The van der Waals surface area contributed by atoms with Crippen LogP contribution in [0.4, 0.5) is 17.6 Å². The number of methoxy groups -OCH3 is 1. The van der Waals surface area contributed by atoms with Gasteiger partial charge in [-0.2, -0.15) is 18.2 Å². The molecule has 1 aromatic rings. The zero-order chi connectivity index (χ0) is 21.5. The number of nitrogens with one attached hydrogen (secondary N) is 2. The smallest absolute Gasteiger partial charge is 0.391 e. The van der Waals surface area contributed by atoms with Gasteiger partial charge in [0.2, 0.25) is 11.8 Å². The minimum Gasteiger partial charge on any atom is -0.481 e. The predicted molar refractivity (Wildman–Crippen MR) is 98.4 cm³/mol. The lowest BCUT2D eigenvalue weighted by molar-refractivity contribution is -0.185. The highest BCUT2D eigenvalue weighted by Gasteiger charge is 2.50. The first-order valence-corrected chi connectivity index (χ1v) is 10.2. The van der Waals surface area contributed by atoms with Crippen LogP contribution in [0.2, 0.25) is 0 Å². The fraction of sp³-hybridized carbons (Fsp3) is 0.700. The van der Waals surface area contributed by atoms with Gasteiger partial charge in [-0.05, 0) is 56.6 Å². The van der Waals surface area contributed by atoms with Gasteiger partial charge in [-0.15, -0.1) is 0 Å². The summed E-state index contributed by atoms with van der Waals surface area (Å²) >= 11 is 0. The Kier molecular flexibility index (Phi) is 5.78. The van der Waals surface area contributed by atoms with Crippen LogP contribution in [0.25, 0.3) is 0 Å². The maximum Gasteiger partial charge on any atom is 0.391 e. The monoisotopic (exact) mass is 431 g/mol. The minimum absolute atomic E-state index is 0.0475. The van der Waals surface area contributed by atoms with E-state index in [0.29, 0.717) is 17.4 Å². The second-order valence-corrected chi connectivity index (χ2v) is 8.34. The molecule has 30 heavy (non-hydrogen) atoms. The van der Waals surface area contributed by atoms with E-state index in [1.54, 1.807) is 0 Å². The molecular formula is C20H25F4N3O3. The number of pyridine rings is 1. The molecule has 1 aliphatic heterocycles. The van der Waals surface area contributed by atoms with Gasteiger partial charge in [0.1, 0.15) is 6.10 Å². The molecule has 0 radical (unpaired) electrons. The molecule has 10 heteroatoms. The van der Waals surface area contributed by atoms with E-state index in [-0.39, 0.29) is 55.9 Å². The molecule has 0 aromatic carbocycles. The van der Waals surface area contributed by atoms with Crippen LogP contribution in [0.15, 0.2) is 6.07 Å². The number of ether oxygens (including phenoxy) is 2. The molecule has 4 rings (SSSR count). The minimum atomic E-state index is -4.21. The fourth-order valence-electron chi connectivity index (χ4n) is 4.47. The van der Waals surface area contributed by atoms with E-state index in [0.717, 1.165) is 13.0 Å². The molecular weight excluding hydrogens is 406 g/mol. The Morgan fingerprint density at radius 3 is 2.57 bits per heavy atom. The molecule has 0 unspecified atom stereocenters. The molecule has 2 N–H and O–H groups in total. The second kappa shape index (κ2) is 8.20. The normalized spacial score (nSPS) is 30.5. The zero-order valence-electron chi connectivity index (χ0n) is 16.6. The lowest BCUT2D eigenvalue weighted by atomic mass is 9.87. The summed E-state index contributed by atoms with van der Waals surface area (Å²) in [6, 6.07) is 0.971. The molecule has 2 aliphatic carbocycles. The van der Waals surface area contributed by atoms with Gasteiger partial charge in [0.05, 0.1) is 19.1 Å². The van der Waals surface area contributed by atoms with Gasteiger partial charge in [0, 0.05) is 12.1 Å². The highest BCUT2D eigenvalue weighted by atomic mass is 19.4. The Morgan fingerprint density at radius 2 is 2.00 bits per heavy atom. The second-order valence-electron chi connectivity index (χ2n) is 8.34. The molecule has 0 bridgehead atoms. The standard InChI is InChI=1S/C20H25F4N3O3/c1-29-18-11(9-26-17(28)16-14-6-10(14)8-25-16)7-15(21)19(27-18)30-13-4-2-12(3-5-13)20(22,23)24/h7,10,12-14,16,25H,2-6,8-9H2,1H3,(H,26,28)/t10-,12?,13?,14-,16+/m1/s1. The number of hydrogen-bond acceptors (Lipinski definition) is 5. The number of amides is 1. The number of carbonyl (C=O) groups is 1. The van der Waals surface area contributed by atoms with Gasteiger partial charge in [-0.25, -0.2) is 4.39 Å². The highest BCUT2D eigenvalue weighted by Crippen LogP contribution is 2.45. The van der Waals surface area contributed by atoms with Gasteiger partial charge in [-0.1, -0.05) is 0 Å². The van der Waals surface area contributed by atoms with Crippen molar-refractivity contribution in [1.29, 1.82) is 0 Å². The van der Waals surface area contributed by atoms with Crippen LogP contribution in [0.5, 0.6) is 11.8 Å². The quantitative estimate of drug-likeness (QED) is 0.678. The third-order valence-corrected chi connectivity index (χ3v) is 6.33. The summed E-state index contributed by atoms with van der Waals surface area (Å²) in [6.07, 6.45) is -3.41. The molecule has 6 nitrogen and oxygen atoms in total. The number of carbonyl (C=O) groups excluding carboxylic acids is 1. The van der Waals surface area contributed by atoms with E-state index >= 15 is 0 Å². The van der Waals surface area contributed by atoms with Crippen molar-refractivity contribution in [1.82, 2.24) is 15.6 Å². The summed E-state index contributed by atoms with van der Waals surface area (Å²) in [5.74, 6) is -1.43. The number of piperidine rings is 1.